The van der Waals surface area contributed by atoms with E-state index < -0.39 is 11.9 Å². The zero-order valence-corrected chi connectivity index (χ0v) is 15.0. The Kier molecular flexibility index (Phi) is 5.11. The van der Waals surface area contributed by atoms with Gasteiger partial charge < -0.3 is 10.4 Å². The predicted molar refractivity (Wildman–Crippen MR) is 97.2 cm³/mol. The summed E-state index contributed by atoms with van der Waals surface area (Å²) in [7, 11) is 0. The van der Waals surface area contributed by atoms with Crippen LogP contribution < -0.4 is 5.32 Å². The number of imide groups is 1. The summed E-state index contributed by atoms with van der Waals surface area (Å²) in [4.78, 5) is 39.7. The second-order valence-electron chi connectivity index (χ2n) is 7.35. The Labute approximate surface area is 152 Å². The molecule has 0 bridgehead atoms. The van der Waals surface area contributed by atoms with Gasteiger partial charge in [0, 0.05) is 0 Å². The molecule has 1 heterocycles. The van der Waals surface area contributed by atoms with E-state index in [0.717, 1.165) is 4.90 Å². The van der Waals surface area contributed by atoms with Gasteiger partial charge in [0.25, 0.3) is 0 Å². The van der Waals surface area contributed by atoms with Crippen molar-refractivity contribution in [3.05, 3.63) is 36.4 Å². The number of rotatable bonds is 5. The van der Waals surface area contributed by atoms with E-state index in [0.29, 0.717) is 19.3 Å². The fourth-order valence-electron chi connectivity index (χ4n) is 3.70. The molecule has 0 saturated carbocycles. The van der Waals surface area contributed by atoms with E-state index in [1.165, 1.54) is 6.07 Å². The summed E-state index contributed by atoms with van der Waals surface area (Å²) in [6.45, 7) is 3.89. The molecule has 1 aliphatic heterocycles. The zero-order valence-electron chi connectivity index (χ0n) is 15.0. The van der Waals surface area contributed by atoms with Crippen LogP contribution in [0.5, 0.6) is 5.75 Å². The second-order valence-corrected chi connectivity index (χ2v) is 7.35. The minimum absolute atomic E-state index is 0.0545. The maximum atomic E-state index is 12.9. The summed E-state index contributed by atoms with van der Waals surface area (Å²) < 4.78 is 0. The number of hydrogen-bond donors (Lipinski definition) is 2. The summed E-state index contributed by atoms with van der Waals surface area (Å²) in [5.41, 5.74) is 0.268. The molecule has 1 fully saturated rings. The van der Waals surface area contributed by atoms with Crippen LogP contribution >= 0.6 is 0 Å². The Morgan fingerprint density at radius 2 is 1.73 bits per heavy atom. The van der Waals surface area contributed by atoms with Crippen LogP contribution in [0.2, 0.25) is 0 Å². The molecule has 3 atom stereocenters. The van der Waals surface area contributed by atoms with Crippen molar-refractivity contribution in [2.75, 3.05) is 5.32 Å². The maximum Gasteiger partial charge on any atom is 0.247 e. The highest BCUT2D eigenvalue weighted by atomic mass is 16.3. The second kappa shape index (κ2) is 7.32. The van der Waals surface area contributed by atoms with Crippen molar-refractivity contribution in [3.8, 4) is 5.75 Å². The van der Waals surface area contributed by atoms with Gasteiger partial charge in [-0.2, -0.15) is 0 Å². The zero-order chi connectivity index (χ0) is 18.8. The number of para-hydroxylation sites is 2. The molecule has 1 aromatic carbocycles. The molecule has 1 saturated heterocycles. The van der Waals surface area contributed by atoms with E-state index in [4.69, 9.17) is 0 Å². The lowest BCUT2D eigenvalue weighted by molar-refractivity contribution is -0.147. The van der Waals surface area contributed by atoms with Crippen molar-refractivity contribution < 1.29 is 19.5 Å². The third-order valence-corrected chi connectivity index (χ3v) is 5.01. The van der Waals surface area contributed by atoms with Crippen molar-refractivity contribution in [2.24, 2.45) is 17.8 Å². The van der Waals surface area contributed by atoms with Gasteiger partial charge in [-0.25, -0.2) is 0 Å². The Balaban J connectivity index is 1.86. The van der Waals surface area contributed by atoms with Gasteiger partial charge in [0.05, 0.1) is 17.5 Å². The van der Waals surface area contributed by atoms with Gasteiger partial charge in [0.15, 0.2) is 0 Å². The van der Waals surface area contributed by atoms with Gasteiger partial charge in [-0.1, -0.05) is 38.1 Å². The molecule has 3 amide bonds. The molecular weight excluding hydrogens is 332 g/mol. The standard InChI is InChI=1S/C20H24N2O4/c1-12(2)11-16(18(24)21-15-9-5-6-10-17(15)23)22-19(25)13-7-3-4-8-14(13)20(22)26/h3-6,9-10,12-14,16,23H,7-8,11H2,1-2H3,(H,21,24). The number of fused-ring (bicyclic) bond motifs is 1. The number of likely N-dealkylation sites (tertiary alicyclic amines) is 1. The number of aromatic hydroxyl groups is 1. The summed E-state index contributed by atoms with van der Waals surface area (Å²) in [5.74, 6) is -1.63. The smallest absolute Gasteiger partial charge is 0.247 e. The van der Waals surface area contributed by atoms with Crippen LogP contribution in [0.25, 0.3) is 0 Å². The van der Waals surface area contributed by atoms with E-state index in [1.807, 2.05) is 26.0 Å². The molecule has 0 aromatic heterocycles. The van der Waals surface area contributed by atoms with Crippen molar-refractivity contribution in [1.82, 2.24) is 4.90 Å². The quantitative estimate of drug-likeness (QED) is 0.482. The van der Waals surface area contributed by atoms with Crippen LogP contribution in [-0.4, -0.2) is 33.8 Å². The maximum absolute atomic E-state index is 12.9. The average Bonchev–Trinajstić information content (AvgIpc) is 2.86. The van der Waals surface area contributed by atoms with Crippen molar-refractivity contribution in [1.29, 1.82) is 0 Å². The van der Waals surface area contributed by atoms with E-state index in [9.17, 15) is 19.5 Å². The first-order valence-corrected chi connectivity index (χ1v) is 9.01. The van der Waals surface area contributed by atoms with E-state index in [1.54, 1.807) is 18.2 Å². The third kappa shape index (κ3) is 3.36. The minimum atomic E-state index is -0.875. The molecule has 1 aliphatic carbocycles. The fraction of sp³-hybridized carbons (Fsp3) is 0.450. The Hall–Kier alpha value is -2.63. The van der Waals surface area contributed by atoms with Crippen LogP contribution in [-0.2, 0) is 14.4 Å². The minimum Gasteiger partial charge on any atom is -0.506 e. The molecule has 0 radical (unpaired) electrons. The van der Waals surface area contributed by atoms with Gasteiger partial charge >= 0.3 is 0 Å². The number of hydrogen-bond acceptors (Lipinski definition) is 4. The van der Waals surface area contributed by atoms with Crippen molar-refractivity contribution in [2.45, 2.75) is 39.2 Å². The number of anilines is 1. The van der Waals surface area contributed by atoms with Crippen LogP contribution in [0, 0.1) is 17.8 Å². The van der Waals surface area contributed by atoms with Crippen molar-refractivity contribution in [3.63, 3.8) is 0 Å². The molecule has 1 aromatic rings. The number of carbonyl (C=O) groups is 3. The molecule has 138 valence electrons. The van der Waals surface area contributed by atoms with Gasteiger partial charge in [-0.3, -0.25) is 19.3 Å². The molecule has 0 spiro atoms. The Morgan fingerprint density at radius 3 is 2.27 bits per heavy atom. The van der Waals surface area contributed by atoms with Crippen LogP contribution in [0.15, 0.2) is 36.4 Å². The summed E-state index contributed by atoms with van der Waals surface area (Å²) in [6.07, 6.45) is 5.32. The topological polar surface area (TPSA) is 86.7 Å². The fourth-order valence-corrected chi connectivity index (χ4v) is 3.70. The average molecular weight is 356 g/mol. The molecule has 3 unspecified atom stereocenters. The van der Waals surface area contributed by atoms with Gasteiger partial charge in [-0.15, -0.1) is 0 Å². The van der Waals surface area contributed by atoms with Crippen LogP contribution in [0.3, 0.4) is 0 Å². The molecular formula is C20H24N2O4. The highest BCUT2D eigenvalue weighted by Crippen LogP contribution is 2.37. The van der Waals surface area contributed by atoms with Crippen LogP contribution in [0.1, 0.15) is 33.1 Å². The molecule has 6 nitrogen and oxygen atoms in total. The van der Waals surface area contributed by atoms with Crippen LogP contribution in [0.4, 0.5) is 5.69 Å². The monoisotopic (exact) mass is 356 g/mol. The van der Waals surface area contributed by atoms with Gasteiger partial charge in [-0.05, 0) is 37.3 Å². The molecule has 2 N–H and O–H groups in total. The summed E-state index contributed by atoms with van der Waals surface area (Å²) in [5, 5.41) is 12.6. The van der Waals surface area contributed by atoms with E-state index in [2.05, 4.69) is 5.32 Å². The molecule has 2 aliphatic rings. The number of benzene rings is 1. The number of nitrogens with zero attached hydrogens (tertiary/aromatic N) is 1. The molecule has 26 heavy (non-hydrogen) atoms. The molecule has 3 rings (SSSR count). The Bertz CT molecular complexity index is 730. The number of phenols is 1. The third-order valence-electron chi connectivity index (χ3n) is 5.01. The molecule has 6 heteroatoms. The number of amides is 3. The lowest BCUT2D eigenvalue weighted by atomic mass is 9.85. The largest absolute Gasteiger partial charge is 0.506 e. The Morgan fingerprint density at radius 1 is 1.15 bits per heavy atom. The lowest BCUT2D eigenvalue weighted by Gasteiger charge is -2.27. The SMILES string of the molecule is CC(C)CC(C(=O)Nc1ccccc1O)N1C(=O)C2CC=CCC2C1=O. The van der Waals surface area contributed by atoms with Gasteiger partial charge in [0.1, 0.15) is 11.8 Å². The van der Waals surface area contributed by atoms with Crippen molar-refractivity contribution >= 4 is 23.4 Å². The normalized spacial score (nSPS) is 23.3. The number of phenolic OH excluding ortho intramolecular Hbond substituents is 1. The first-order valence-electron chi connectivity index (χ1n) is 9.01. The van der Waals surface area contributed by atoms with E-state index in [-0.39, 0.29) is 41.0 Å². The van der Waals surface area contributed by atoms with Gasteiger partial charge in [0.2, 0.25) is 17.7 Å². The first kappa shape index (κ1) is 18.2. The summed E-state index contributed by atoms with van der Waals surface area (Å²) >= 11 is 0. The first-order chi connectivity index (χ1) is 12.4. The highest BCUT2D eigenvalue weighted by molar-refractivity contribution is 6.10. The highest BCUT2D eigenvalue weighted by Gasteiger charge is 2.51. The van der Waals surface area contributed by atoms with E-state index >= 15 is 0 Å². The number of carbonyl (C=O) groups excluding carboxylic acids is 3. The number of nitrogens with one attached hydrogen (secondary N) is 1. The predicted octanol–water partition coefficient (Wildman–Crippen LogP) is 2.70. The lowest BCUT2D eigenvalue weighted by Crippen LogP contribution is -2.48. The summed E-state index contributed by atoms with van der Waals surface area (Å²) in [6, 6.07) is 5.53. The number of allylic oxidation sites excluding steroid dienone is 2.